The average molecular weight is 284 g/mol. The minimum atomic E-state index is -0.176. The van der Waals surface area contributed by atoms with Crippen molar-refractivity contribution in [2.75, 3.05) is 39.8 Å². The van der Waals surface area contributed by atoms with Crippen LogP contribution in [-0.4, -0.2) is 67.1 Å². The fraction of sp³-hybridized carbons (Fsp3) is 0.933. The highest BCUT2D eigenvalue weighted by atomic mass is 16.1. The smallest absolute Gasteiger partial charge is 0.222 e. The number of amides is 1. The van der Waals surface area contributed by atoms with Gasteiger partial charge in [-0.05, 0) is 53.8 Å². The number of likely N-dealkylation sites (tertiary alicyclic amines) is 1. The van der Waals surface area contributed by atoms with Crippen molar-refractivity contribution in [2.24, 2.45) is 5.73 Å². The van der Waals surface area contributed by atoms with Gasteiger partial charge in [-0.15, -0.1) is 0 Å². The molecular formula is C15H32N4O. The van der Waals surface area contributed by atoms with E-state index in [-0.39, 0.29) is 17.5 Å². The minimum Gasteiger partial charge on any atom is -0.351 e. The van der Waals surface area contributed by atoms with E-state index in [0.29, 0.717) is 13.0 Å². The molecule has 5 heteroatoms. The Morgan fingerprint density at radius 2 is 1.95 bits per heavy atom. The molecule has 0 bridgehead atoms. The molecular weight excluding hydrogens is 252 g/mol. The highest BCUT2D eigenvalue weighted by Crippen LogP contribution is 2.08. The second-order valence-corrected chi connectivity index (χ2v) is 6.92. The first-order chi connectivity index (χ1) is 9.31. The van der Waals surface area contributed by atoms with Gasteiger partial charge < -0.3 is 20.9 Å². The van der Waals surface area contributed by atoms with E-state index in [2.05, 4.69) is 22.2 Å². The summed E-state index contributed by atoms with van der Waals surface area (Å²) in [6, 6.07) is 0.125. The number of likely N-dealkylation sites (N-methyl/N-ethyl adjacent to an activating group) is 1. The summed E-state index contributed by atoms with van der Waals surface area (Å²) in [7, 11) is 2.07. The first-order valence-electron chi connectivity index (χ1n) is 7.75. The topological polar surface area (TPSA) is 61.6 Å². The molecule has 1 aliphatic rings. The molecule has 0 radical (unpaired) electrons. The summed E-state index contributed by atoms with van der Waals surface area (Å²) in [5.74, 6) is 0.0842. The van der Waals surface area contributed by atoms with Crippen molar-refractivity contribution in [1.29, 1.82) is 0 Å². The van der Waals surface area contributed by atoms with E-state index in [9.17, 15) is 4.79 Å². The molecule has 1 rings (SSSR count). The molecule has 0 aromatic rings. The van der Waals surface area contributed by atoms with E-state index in [1.807, 2.05) is 20.8 Å². The van der Waals surface area contributed by atoms with Crippen molar-refractivity contribution < 1.29 is 4.79 Å². The van der Waals surface area contributed by atoms with Crippen LogP contribution in [0.5, 0.6) is 0 Å². The van der Waals surface area contributed by atoms with Gasteiger partial charge in [0.15, 0.2) is 0 Å². The Bertz CT molecular complexity index is 295. The van der Waals surface area contributed by atoms with Crippen LogP contribution < -0.4 is 11.1 Å². The first-order valence-corrected chi connectivity index (χ1v) is 7.75. The van der Waals surface area contributed by atoms with E-state index in [4.69, 9.17) is 5.73 Å². The zero-order chi connectivity index (χ0) is 15.2. The second kappa shape index (κ2) is 7.96. The number of nitrogens with one attached hydrogen (secondary N) is 1. The number of hydrogen-bond acceptors (Lipinski definition) is 4. The molecule has 20 heavy (non-hydrogen) atoms. The fourth-order valence-electron chi connectivity index (χ4n) is 2.59. The average Bonchev–Trinajstić information content (AvgIpc) is 2.83. The molecule has 0 spiro atoms. The van der Waals surface area contributed by atoms with Crippen LogP contribution in [0.3, 0.4) is 0 Å². The Kier molecular flexibility index (Phi) is 6.92. The van der Waals surface area contributed by atoms with Crippen molar-refractivity contribution in [3.05, 3.63) is 0 Å². The van der Waals surface area contributed by atoms with Crippen LogP contribution in [-0.2, 0) is 4.79 Å². The molecule has 5 nitrogen and oxygen atoms in total. The maximum Gasteiger partial charge on any atom is 0.222 e. The zero-order valence-electron chi connectivity index (χ0n) is 13.6. The quantitative estimate of drug-likeness (QED) is 0.720. The summed E-state index contributed by atoms with van der Waals surface area (Å²) in [6.45, 7) is 11.0. The van der Waals surface area contributed by atoms with E-state index in [1.165, 1.54) is 25.9 Å². The number of rotatable bonds is 7. The van der Waals surface area contributed by atoms with Gasteiger partial charge in [0.1, 0.15) is 0 Å². The molecule has 0 aromatic heterocycles. The predicted molar refractivity (Wildman–Crippen MR) is 83.7 cm³/mol. The lowest BCUT2D eigenvalue weighted by Crippen LogP contribution is -2.47. The van der Waals surface area contributed by atoms with Crippen LogP contribution >= 0.6 is 0 Å². The lowest BCUT2D eigenvalue weighted by Gasteiger charge is -2.29. The third-order valence-electron chi connectivity index (χ3n) is 3.80. The Hall–Kier alpha value is -0.650. The summed E-state index contributed by atoms with van der Waals surface area (Å²) in [4.78, 5) is 16.7. The lowest BCUT2D eigenvalue weighted by atomic mass is 10.1. The van der Waals surface area contributed by atoms with Gasteiger partial charge in [-0.3, -0.25) is 4.79 Å². The van der Waals surface area contributed by atoms with Crippen LogP contribution in [0.25, 0.3) is 0 Å². The second-order valence-electron chi connectivity index (χ2n) is 6.92. The molecule has 3 N–H and O–H groups in total. The molecule has 118 valence electrons. The maximum absolute atomic E-state index is 12.0. The Balaban J connectivity index is 2.33. The Morgan fingerprint density at radius 3 is 2.45 bits per heavy atom. The SMILES string of the molecule is CN(CCN1CCCC1)C(CN)CC(=O)NC(C)(C)C. The summed E-state index contributed by atoms with van der Waals surface area (Å²) in [5, 5.41) is 3.00. The van der Waals surface area contributed by atoms with Crippen molar-refractivity contribution >= 4 is 5.91 Å². The van der Waals surface area contributed by atoms with Gasteiger partial charge in [0.25, 0.3) is 0 Å². The first kappa shape index (κ1) is 17.4. The van der Waals surface area contributed by atoms with Crippen LogP contribution in [0.4, 0.5) is 0 Å². The molecule has 0 aromatic carbocycles. The van der Waals surface area contributed by atoms with E-state index >= 15 is 0 Å². The summed E-state index contributed by atoms with van der Waals surface area (Å²) in [5.41, 5.74) is 5.66. The monoisotopic (exact) mass is 284 g/mol. The third-order valence-corrected chi connectivity index (χ3v) is 3.80. The molecule has 0 aliphatic carbocycles. The van der Waals surface area contributed by atoms with Crippen LogP contribution in [0.15, 0.2) is 0 Å². The maximum atomic E-state index is 12.0. The van der Waals surface area contributed by atoms with Crippen molar-refractivity contribution in [1.82, 2.24) is 15.1 Å². The standard InChI is InChI=1S/C15H32N4O/c1-15(2,3)17-14(20)11-13(12-16)18(4)9-10-19-7-5-6-8-19/h13H,5-12,16H2,1-4H3,(H,17,20). The molecule has 1 unspecified atom stereocenters. The van der Waals surface area contributed by atoms with Gasteiger partial charge >= 0.3 is 0 Å². The number of carbonyl (C=O) groups excluding carboxylic acids is 1. The number of nitrogens with two attached hydrogens (primary N) is 1. The predicted octanol–water partition coefficient (Wildman–Crippen LogP) is 0.646. The van der Waals surface area contributed by atoms with Crippen LogP contribution in [0.2, 0.25) is 0 Å². The number of hydrogen-bond donors (Lipinski definition) is 2. The Labute approximate surface area is 123 Å². The van der Waals surface area contributed by atoms with Gasteiger partial charge in [-0.2, -0.15) is 0 Å². The minimum absolute atomic E-state index is 0.0842. The van der Waals surface area contributed by atoms with E-state index < -0.39 is 0 Å². The summed E-state index contributed by atoms with van der Waals surface area (Å²) < 4.78 is 0. The van der Waals surface area contributed by atoms with Crippen molar-refractivity contribution in [3.8, 4) is 0 Å². The van der Waals surface area contributed by atoms with Gasteiger partial charge in [0.2, 0.25) is 5.91 Å². The highest BCUT2D eigenvalue weighted by molar-refractivity contribution is 5.77. The van der Waals surface area contributed by atoms with Gasteiger partial charge in [0.05, 0.1) is 0 Å². The van der Waals surface area contributed by atoms with Crippen molar-refractivity contribution in [3.63, 3.8) is 0 Å². The lowest BCUT2D eigenvalue weighted by molar-refractivity contribution is -0.123. The number of nitrogens with zero attached hydrogens (tertiary/aromatic N) is 2. The van der Waals surface area contributed by atoms with Gasteiger partial charge in [0, 0.05) is 37.6 Å². The largest absolute Gasteiger partial charge is 0.351 e. The normalized spacial score (nSPS) is 18.5. The molecule has 1 aliphatic heterocycles. The molecule has 0 saturated carbocycles. The van der Waals surface area contributed by atoms with E-state index in [1.54, 1.807) is 0 Å². The molecule has 1 fully saturated rings. The van der Waals surface area contributed by atoms with Gasteiger partial charge in [-0.25, -0.2) is 0 Å². The van der Waals surface area contributed by atoms with E-state index in [0.717, 1.165) is 13.1 Å². The molecule has 1 amide bonds. The highest BCUT2D eigenvalue weighted by Gasteiger charge is 2.21. The third kappa shape index (κ3) is 6.68. The van der Waals surface area contributed by atoms with Crippen LogP contribution in [0.1, 0.15) is 40.0 Å². The molecule has 1 atom stereocenters. The zero-order valence-corrected chi connectivity index (χ0v) is 13.6. The summed E-state index contributed by atoms with van der Waals surface area (Å²) in [6.07, 6.45) is 3.11. The molecule has 1 saturated heterocycles. The molecule has 1 heterocycles. The van der Waals surface area contributed by atoms with Crippen LogP contribution in [0, 0.1) is 0 Å². The fourth-order valence-corrected chi connectivity index (χ4v) is 2.59. The summed E-state index contributed by atoms with van der Waals surface area (Å²) >= 11 is 0. The van der Waals surface area contributed by atoms with Gasteiger partial charge in [-0.1, -0.05) is 0 Å². The number of carbonyl (C=O) groups is 1. The van der Waals surface area contributed by atoms with Crippen molar-refractivity contribution in [2.45, 2.75) is 51.6 Å². The Morgan fingerprint density at radius 1 is 1.35 bits per heavy atom.